The van der Waals surface area contributed by atoms with E-state index in [2.05, 4.69) is 10.2 Å². The van der Waals surface area contributed by atoms with Crippen molar-refractivity contribution in [1.82, 2.24) is 15.1 Å². The number of carbonyl (C=O) groups excluding carboxylic acids is 2. The van der Waals surface area contributed by atoms with Crippen LogP contribution in [0, 0.1) is 5.92 Å². The van der Waals surface area contributed by atoms with Gasteiger partial charge >= 0.3 is 6.03 Å². The second-order valence-corrected chi connectivity index (χ2v) is 5.50. The van der Waals surface area contributed by atoms with Crippen molar-refractivity contribution in [3.05, 3.63) is 0 Å². The summed E-state index contributed by atoms with van der Waals surface area (Å²) in [5.74, 6) is -0.155. The lowest BCUT2D eigenvalue weighted by atomic mass is 9.94. The van der Waals surface area contributed by atoms with Crippen LogP contribution in [-0.2, 0) is 9.53 Å². The number of ether oxygens (including phenoxy) is 1. The summed E-state index contributed by atoms with van der Waals surface area (Å²) in [5.41, 5.74) is 5.33. The lowest BCUT2D eigenvalue weighted by Crippen LogP contribution is -2.64. The van der Waals surface area contributed by atoms with Crippen molar-refractivity contribution in [2.24, 2.45) is 11.7 Å². The lowest BCUT2D eigenvalue weighted by molar-refractivity contribution is -0.123. The number of methoxy groups -OCH3 is 1. The fraction of sp³-hybridized carbons (Fsp3) is 0.846. The van der Waals surface area contributed by atoms with Crippen molar-refractivity contribution < 1.29 is 14.3 Å². The van der Waals surface area contributed by atoms with Crippen LogP contribution >= 0.6 is 0 Å². The lowest BCUT2D eigenvalue weighted by Gasteiger charge is -2.47. The van der Waals surface area contributed by atoms with Gasteiger partial charge in [-0.15, -0.1) is 0 Å². The van der Waals surface area contributed by atoms with Crippen LogP contribution in [0.25, 0.3) is 0 Å². The molecule has 2 fully saturated rings. The number of likely N-dealkylation sites (tertiary alicyclic amines) is 2. The highest BCUT2D eigenvalue weighted by Crippen LogP contribution is 2.22. The van der Waals surface area contributed by atoms with Gasteiger partial charge in [-0.2, -0.15) is 0 Å². The number of primary amides is 1. The molecular formula is C13H24N4O3. The molecule has 2 heterocycles. The average molecular weight is 284 g/mol. The average Bonchev–Trinajstić information content (AvgIpc) is 2.38. The maximum Gasteiger partial charge on any atom is 0.317 e. The highest BCUT2D eigenvalue weighted by atomic mass is 16.5. The summed E-state index contributed by atoms with van der Waals surface area (Å²) in [6.45, 7) is 4.40. The summed E-state index contributed by atoms with van der Waals surface area (Å²) < 4.78 is 4.89. The summed E-state index contributed by atoms with van der Waals surface area (Å²) in [5, 5.41) is 2.81. The first-order valence-corrected chi connectivity index (χ1v) is 7.17. The van der Waals surface area contributed by atoms with Crippen molar-refractivity contribution in [3.63, 3.8) is 0 Å². The second-order valence-electron chi connectivity index (χ2n) is 5.50. The van der Waals surface area contributed by atoms with Gasteiger partial charge < -0.3 is 20.7 Å². The predicted molar refractivity (Wildman–Crippen MR) is 74.1 cm³/mol. The van der Waals surface area contributed by atoms with Crippen molar-refractivity contribution >= 4 is 11.9 Å². The minimum absolute atomic E-state index is 0.0229. The first-order valence-electron chi connectivity index (χ1n) is 7.17. The van der Waals surface area contributed by atoms with E-state index in [0.717, 1.165) is 39.0 Å². The molecular weight excluding hydrogens is 260 g/mol. The number of nitrogens with one attached hydrogen (secondary N) is 1. The standard InChI is InChI=1S/C13H24N4O3/c1-20-7-4-15-13(19)17-8-11(9-17)16-5-2-10(3-6-16)12(14)18/h10-11H,2-9H2,1H3,(H2,14,18)(H,15,19). The highest BCUT2D eigenvalue weighted by Gasteiger charge is 2.36. The molecule has 3 amide bonds. The molecule has 0 atom stereocenters. The van der Waals surface area contributed by atoms with E-state index >= 15 is 0 Å². The minimum Gasteiger partial charge on any atom is -0.383 e. The molecule has 7 heteroatoms. The Kier molecular flexibility index (Phi) is 5.19. The Balaban J connectivity index is 1.64. The first kappa shape index (κ1) is 15.1. The molecule has 2 rings (SSSR count). The Labute approximate surface area is 119 Å². The van der Waals surface area contributed by atoms with Gasteiger partial charge in [0.25, 0.3) is 0 Å². The van der Waals surface area contributed by atoms with Gasteiger partial charge in [0.1, 0.15) is 0 Å². The number of piperidine rings is 1. The van der Waals surface area contributed by atoms with E-state index in [1.165, 1.54) is 0 Å². The summed E-state index contributed by atoms with van der Waals surface area (Å²) in [6, 6.07) is 0.405. The van der Waals surface area contributed by atoms with Gasteiger partial charge in [0.05, 0.1) is 6.61 Å². The van der Waals surface area contributed by atoms with E-state index in [-0.39, 0.29) is 17.9 Å². The van der Waals surface area contributed by atoms with E-state index < -0.39 is 0 Å². The number of hydrogen-bond donors (Lipinski definition) is 2. The molecule has 0 radical (unpaired) electrons. The Bertz CT molecular complexity index is 350. The number of nitrogens with two attached hydrogens (primary N) is 1. The van der Waals surface area contributed by atoms with Gasteiger partial charge in [-0.1, -0.05) is 0 Å². The number of urea groups is 1. The minimum atomic E-state index is -0.183. The van der Waals surface area contributed by atoms with Gasteiger partial charge in [-0.3, -0.25) is 9.69 Å². The molecule has 0 spiro atoms. The number of carbonyl (C=O) groups is 2. The molecule has 0 unspecified atom stereocenters. The van der Waals surface area contributed by atoms with Crippen molar-refractivity contribution in [2.75, 3.05) is 46.4 Å². The third kappa shape index (κ3) is 3.61. The van der Waals surface area contributed by atoms with E-state index in [9.17, 15) is 9.59 Å². The molecule has 7 nitrogen and oxygen atoms in total. The van der Waals surface area contributed by atoms with Gasteiger partial charge in [0.2, 0.25) is 5.91 Å². The maximum absolute atomic E-state index is 11.7. The third-order valence-electron chi connectivity index (χ3n) is 4.18. The van der Waals surface area contributed by atoms with Gasteiger partial charge in [0, 0.05) is 38.7 Å². The largest absolute Gasteiger partial charge is 0.383 e. The zero-order chi connectivity index (χ0) is 14.5. The van der Waals surface area contributed by atoms with Crippen molar-refractivity contribution in [1.29, 1.82) is 0 Å². The molecule has 2 aliphatic rings. The highest BCUT2D eigenvalue weighted by molar-refractivity contribution is 5.76. The molecule has 0 saturated carbocycles. The zero-order valence-electron chi connectivity index (χ0n) is 12.0. The van der Waals surface area contributed by atoms with Gasteiger partial charge in [-0.25, -0.2) is 4.79 Å². The molecule has 114 valence electrons. The number of nitrogens with zero attached hydrogens (tertiary/aromatic N) is 2. The Morgan fingerprint density at radius 2 is 1.95 bits per heavy atom. The van der Waals surface area contributed by atoms with E-state index in [1.807, 2.05) is 0 Å². The Hall–Kier alpha value is -1.34. The Morgan fingerprint density at radius 1 is 1.30 bits per heavy atom. The van der Waals surface area contributed by atoms with Gasteiger partial charge in [0.15, 0.2) is 0 Å². The fourth-order valence-electron chi connectivity index (χ4n) is 2.77. The maximum atomic E-state index is 11.7. The molecule has 0 aliphatic carbocycles. The summed E-state index contributed by atoms with van der Waals surface area (Å²) in [4.78, 5) is 27.0. The monoisotopic (exact) mass is 284 g/mol. The summed E-state index contributed by atoms with van der Waals surface area (Å²) in [6.07, 6.45) is 1.68. The van der Waals surface area contributed by atoms with Crippen LogP contribution in [0.4, 0.5) is 4.79 Å². The third-order valence-corrected chi connectivity index (χ3v) is 4.18. The molecule has 2 saturated heterocycles. The molecule has 3 N–H and O–H groups in total. The zero-order valence-corrected chi connectivity index (χ0v) is 12.0. The smallest absolute Gasteiger partial charge is 0.317 e. The predicted octanol–water partition coefficient (Wildman–Crippen LogP) is -0.776. The molecule has 2 aliphatic heterocycles. The van der Waals surface area contributed by atoms with Crippen LogP contribution in [0.2, 0.25) is 0 Å². The second kappa shape index (κ2) is 6.90. The topological polar surface area (TPSA) is 87.9 Å². The van der Waals surface area contributed by atoms with Crippen LogP contribution in [0.3, 0.4) is 0 Å². The van der Waals surface area contributed by atoms with Crippen LogP contribution in [0.5, 0.6) is 0 Å². The Morgan fingerprint density at radius 3 is 2.50 bits per heavy atom. The van der Waals surface area contributed by atoms with Crippen molar-refractivity contribution in [3.8, 4) is 0 Å². The van der Waals surface area contributed by atoms with Crippen LogP contribution in [0.1, 0.15) is 12.8 Å². The number of hydrogen-bond acceptors (Lipinski definition) is 4. The summed E-state index contributed by atoms with van der Waals surface area (Å²) in [7, 11) is 1.61. The SMILES string of the molecule is COCCNC(=O)N1CC(N2CCC(C(N)=O)CC2)C1. The molecule has 0 aromatic carbocycles. The number of amides is 3. The van der Waals surface area contributed by atoms with Crippen LogP contribution in [0.15, 0.2) is 0 Å². The molecule has 0 aromatic rings. The molecule has 0 aromatic heterocycles. The first-order chi connectivity index (χ1) is 9.61. The quantitative estimate of drug-likeness (QED) is 0.649. The van der Waals surface area contributed by atoms with Crippen molar-refractivity contribution in [2.45, 2.75) is 18.9 Å². The van der Waals surface area contributed by atoms with Crippen LogP contribution in [-0.4, -0.2) is 74.2 Å². The summed E-state index contributed by atoms with van der Waals surface area (Å²) >= 11 is 0. The van der Waals surface area contributed by atoms with Gasteiger partial charge in [-0.05, 0) is 25.9 Å². The fourth-order valence-corrected chi connectivity index (χ4v) is 2.77. The van der Waals surface area contributed by atoms with E-state index in [4.69, 9.17) is 10.5 Å². The van der Waals surface area contributed by atoms with Crippen LogP contribution < -0.4 is 11.1 Å². The number of rotatable bonds is 5. The van der Waals surface area contributed by atoms with E-state index in [1.54, 1.807) is 12.0 Å². The van der Waals surface area contributed by atoms with E-state index in [0.29, 0.717) is 19.2 Å². The normalized spacial score (nSPS) is 21.6. The molecule has 0 bridgehead atoms. The molecule has 20 heavy (non-hydrogen) atoms.